The highest BCUT2D eigenvalue weighted by molar-refractivity contribution is 7.09. The minimum Gasteiger partial charge on any atom is -0.370 e. The monoisotopic (exact) mass is 519 g/mol. The smallest absolute Gasteiger partial charge is 0.264 e. The Bertz CT molecular complexity index is 1360. The molecule has 37 heavy (non-hydrogen) atoms. The van der Waals surface area contributed by atoms with Gasteiger partial charge in [-0.05, 0) is 57.2 Å². The minimum absolute atomic E-state index is 0.0918. The van der Waals surface area contributed by atoms with Gasteiger partial charge in [-0.2, -0.15) is 5.10 Å². The normalized spacial score (nSPS) is 18.4. The lowest BCUT2D eigenvalue weighted by atomic mass is 9.94. The molecular formula is C28H33N5O3S. The van der Waals surface area contributed by atoms with Crippen LogP contribution in [0.5, 0.6) is 0 Å². The van der Waals surface area contributed by atoms with E-state index >= 15 is 0 Å². The van der Waals surface area contributed by atoms with Crippen LogP contribution in [0.1, 0.15) is 68.4 Å². The molecule has 0 N–H and O–H groups in total. The summed E-state index contributed by atoms with van der Waals surface area (Å²) in [7, 11) is 3.79. The molecule has 4 heterocycles. The molecule has 0 saturated carbocycles. The van der Waals surface area contributed by atoms with E-state index in [4.69, 9.17) is 0 Å². The number of carbonyl (C=O) groups excluding carboxylic acids is 3. The number of imide groups is 1. The molecule has 0 spiro atoms. The third-order valence-corrected chi connectivity index (χ3v) is 8.75. The second-order valence-corrected chi connectivity index (χ2v) is 11.1. The van der Waals surface area contributed by atoms with Crippen molar-refractivity contribution in [1.82, 2.24) is 19.6 Å². The van der Waals surface area contributed by atoms with Crippen LogP contribution in [0.25, 0.3) is 0 Å². The molecule has 0 bridgehead atoms. The Morgan fingerprint density at radius 2 is 1.97 bits per heavy atom. The number of benzene rings is 1. The van der Waals surface area contributed by atoms with Gasteiger partial charge in [0.05, 0.1) is 41.0 Å². The van der Waals surface area contributed by atoms with Crippen molar-refractivity contribution in [3.63, 3.8) is 0 Å². The fourth-order valence-electron chi connectivity index (χ4n) is 5.75. The molecular weight excluding hydrogens is 486 g/mol. The van der Waals surface area contributed by atoms with Crippen LogP contribution in [0.2, 0.25) is 0 Å². The topological polar surface area (TPSA) is 78.8 Å². The number of nitrogens with zero attached hydrogens (tertiary/aromatic N) is 5. The molecule has 9 heteroatoms. The highest BCUT2D eigenvalue weighted by Gasteiger charge is 2.40. The number of aromatic nitrogens is 2. The molecule has 8 nitrogen and oxygen atoms in total. The Morgan fingerprint density at radius 3 is 2.65 bits per heavy atom. The number of piperidine rings is 1. The third kappa shape index (κ3) is 4.35. The lowest BCUT2D eigenvalue weighted by Gasteiger charge is -2.37. The summed E-state index contributed by atoms with van der Waals surface area (Å²) < 4.78 is 1.86. The zero-order valence-corrected chi connectivity index (χ0v) is 22.8. The predicted molar refractivity (Wildman–Crippen MR) is 144 cm³/mol. The second kappa shape index (κ2) is 9.78. The Kier molecular flexibility index (Phi) is 6.66. The SMILES string of the molecule is Cc1nn(C)c(C)c1[C@@H](C)N(C)C(=O)[C@H]1CCCN(c2cccc3c2C(=O)N(Cc2cccs2)C3=O)C1. The maximum atomic E-state index is 13.6. The van der Waals surface area contributed by atoms with E-state index in [0.717, 1.165) is 46.9 Å². The Balaban J connectivity index is 1.36. The van der Waals surface area contributed by atoms with Gasteiger partial charge in [-0.25, -0.2) is 0 Å². The Morgan fingerprint density at radius 1 is 1.19 bits per heavy atom. The standard InChI is InChI=1S/C28H33N5O3S/c1-17-24(19(3)31(5)29-17)18(2)30(4)26(34)20-9-7-13-32(15-20)23-12-6-11-22-25(23)28(36)33(27(22)35)16-21-10-8-14-37-21/h6,8,10-12,14,18,20H,7,9,13,15-16H2,1-5H3/t18-,20+/m1/s1. The average Bonchev–Trinajstić information content (AvgIpc) is 3.57. The van der Waals surface area contributed by atoms with E-state index in [1.165, 1.54) is 16.2 Å². The van der Waals surface area contributed by atoms with Gasteiger partial charge in [0, 0.05) is 43.3 Å². The largest absolute Gasteiger partial charge is 0.370 e. The first kappa shape index (κ1) is 25.2. The summed E-state index contributed by atoms with van der Waals surface area (Å²) in [5.74, 6) is -0.612. The van der Waals surface area contributed by atoms with Crippen molar-refractivity contribution >= 4 is 34.7 Å². The number of rotatable bonds is 6. The summed E-state index contributed by atoms with van der Waals surface area (Å²) in [5, 5.41) is 6.46. The van der Waals surface area contributed by atoms with Crippen LogP contribution in [-0.4, -0.2) is 57.4 Å². The second-order valence-electron chi connectivity index (χ2n) is 10.1. The maximum Gasteiger partial charge on any atom is 0.264 e. The number of anilines is 1. The molecule has 2 aliphatic rings. The van der Waals surface area contributed by atoms with Gasteiger partial charge in [0.1, 0.15) is 0 Å². The number of hydrogen-bond donors (Lipinski definition) is 0. The first-order valence-corrected chi connectivity index (χ1v) is 13.6. The summed E-state index contributed by atoms with van der Waals surface area (Å²) in [6.45, 7) is 7.60. The van der Waals surface area contributed by atoms with Crippen molar-refractivity contribution in [2.24, 2.45) is 13.0 Å². The van der Waals surface area contributed by atoms with Crippen LogP contribution in [0.15, 0.2) is 35.7 Å². The van der Waals surface area contributed by atoms with Gasteiger partial charge in [-0.15, -0.1) is 11.3 Å². The van der Waals surface area contributed by atoms with Crippen LogP contribution >= 0.6 is 11.3 Å². The Labute approximate surface area is 221 Å². The van der Waals surface area contributed by atoms with E-state index < -0.39 is 0 Å². The number of aryl methyl sites for hydroxylation is 2. The molecule has 2 aliphatic heterocycles. The molecule has 1 saturated heterocycles. The first-order valence-electron chi connectivity index (χ1n) is 12.7. The van der Waals surface area contributed by atoms with Gasteiger partial charge in [-0.1, -0.05) is 12.1 Å². The number of hydrogen-bond acceptors (Lipinski definition) is 6. The molecule has 1 fully saturated rings. The molecule has 0 radical (unpaired) electrons. The molecule has 3 amide bonds. The molecule has 0 aliphatic carbocycles. The lowest BCUT2D eigenvalue weighted by molar-refractivity contribution is -0.136. The van der Waals surface area contributed by atoms with E-state index in [0.29, 0.717) is 17.7 Å². The fraction of sp³-hybridized carbons (Fsp3) is 0.429. The number of thiophene rings is 1. The third-order valence-electron chi connectivity index (χ3n) is 7.89. The fourth-order valence-corrected chi connectivity index (χ4v) is 6.44. The first-order chi connectivity index (χ1) is 17.7. The van der Waals surface area contributed by atoms with Crippen LogP contribution in [-0.2, 0) is 18.4 Å². The summed E-state index contributed by atoms with van der Waals surface area (Å²) in [4.78, 5) is 46.4. The summed E-state index contributed by atoms with van der Waals surface area (Å²) in [6.07, 6.45) is 1.64. The van der Waals surface area contributed by atoms with Gasteiger partial charge in [-0.3, -0.25) is 24.0 Å². The zero-order chi connectivity index (χ0) is 26.4. The molecule has 5 rings (SSSR count). The van der Waals surface area contributed by atoms with Gasteiger partial charge < -0.3 is 9.80 Å². The lowest BCUT2D eigenvalue weighted by Crippen LogP contribution is -2.45. The average molecular weight is 520 g/mol. The van der Waals surface area contributed by atoms with E-state index in [-0.39, 0.29) is 36.2 Å². The molecule has 3 aromatic rings. The van der Waals surface area contributed by atoms with Gasteiger partial charge in [0.15, 0.2) is 0 Å². The van der Waals surface area contributed by atoms with E-state index in [2.05, 4.69) is 10.00 Å². The van der Waals surface area contributed by atoms with Crippen molar-refractivity contribution in [3.05, 3.63) is 68.7 Å². The van der Waals surface area contributed by atoms with E-state index in [1.54, 1.807) is 6.07 Å². The van der Waals surface area contributed by atoms with Gasteiger partial charge in [0.25, 0.3) is 11.8 Å². The molecule has 194 valence electrons. The summed E-state index contributed by atoms with van der Waals surface area (Å²) >= 11 is 1.53. The summed E-state index contributed by atoms with van der Waals surface area (Å²) in [5.41, 5.74) is 4.73. The molecule has 0 unspecified atom stereocenters. The molecule has 1 aromatic carbocycles. The maximum absolute atomic E-state index is 13.6. The van der Waals surface area contributed by atoms with Crippen LogP contribution in [0, 0.1) is 19.8 Å². The Hall–Kier alpha value is -3.46. The zero-order valence-electron chi connectivity index (χ0n) is 22.0. The van der Waals surface area contributed by atoms with Crippen molar-refractivity contribution in [3.8, 4) is 0 Å². The van der Waals surface area contributed by atoms with Crippen molar-refractivity contribution in [1.29, 1.82) is 0 Å². The van der Waals surface area contributed by atoms with Crippen LogP contribution < -0.4 is 4.90 Å². The minimum atomic E-state index is -0.259. The van der Waals surface area contributed by atoms with Gasteiger partial charge >= 0.3 is 0 Å². The van der Waals surface area contributed by atoms with Crippen LogP contribution in [0.4, 0.5) is 5.69 Å². The highest BCUT2D eigenvalue weighted by Crippen LogP contribution is 2.36. The van der Waals surface area contributed by atoms with E-state index in [9.17, 15) is 14.4 Å². The van der Waals surface area contributed by atoms with Crippen molar-refractivity contribution < 1.29 is 14.4 Å². The van der Waals surface area contributed by atoms with Gasteiger partial charge in [0.2, 0.25) is 5.91 Å². The van der Waals surface area contributed by atoms with E-state index in [1.807, 2.05) is 74.1 Å². The van der Waals surface area contributed by atoms with Crippen molar-refractivity contribution in [2.75, 3.05) is 25.0 Å². The number of carbonyl (C=O) groups is 3. The predicted octanol–water partition coefficient (Wildman–Crippen LogP) is 4.33. The number of fused-ring (bicyclic) bond motifs is 1. The van der Waals surface area contributed by atoms with Crippen molar-refractivity contribution in [2.45, 2.75) is 46.2 Å². The summed E-state index contributed by atoms with van der Waals surface area (Å²) in [6, 6.07) is 9.23. The van der Waals surface area contributed by atoms with Crippen LogP contribution in [0.3, 0.4) is 0 Å². The highest BCUT2D eigenvalue weighted by atomic mass is 32.1. The molecule has 2 aromatic heterocycles. The quantitative estimate of drug-likeness (QED) is 0.453. The number of amides is 3. The molecule has 2 atom stereocenters.